The third-order valence-corrected chi connectivity index (χ3v) is 17.2. The Morgan fingerprint density at radius 2 is 1.66 bits per heavy atom. The number of β-amino-alcohol motifs (C(OH)–C–C–N with tert-alkyl or cyclic N) is 1. The highest BCUT2D eigenvalue weighted by molar-refractivity contribution is 7.13. The van der Waals surface area contributed by atoms with Gasteiger partial charge in [-0.1, -0.05) is 50.2 Å². The molecule has 6 atom stereocenters. The maximum absolute atomic E-state index is 14.3. The molecule has 11 rings (SSSR count). The van der Waals surface area contributed by atoms with Gasteiger partial charge in [0.05, 0.1) is 58.4 Å². The Morgan fingerprint density at radius 3 is 2.41 bits per heavy atom. The van der Waals surface area contributed by atoms with Crippen LogP contribution >= 0.6 is 11.3 Å². The molecule has 2 unspecified atom stereocenters. The Hall–Kier alpha value is -6.91. The molecule has 5 fully saturated rings. The molecule has 21 heteroatoms. The molecule has 8 heterocycles. The van der Waals surface area contributed by atoms with Crippen molar-refractivity contribution in [2.75, 3.05) is 68.5 Å². The first-order chi connectivity index (χ1) is 38.3. The van der Waals surface area contributed by atoms with Crippen molar-refractivity contribution in [3.8, 4) is 39.2 Å². The number of fused-ring (bicyclic) bond motifs is 2. The molecule has 1 saturated carbocycles. The molecular formula is C58H71N11O9S. The maximum atomic E-state index is 14.3. The number of pyridine rings is 1. The van der Waals surface area contributed by atoms with E-state index in [1.807, 2.05) is 69.4 Å². The molecule has 4 saturated heterocycles. The number of rotatable bonds is 20. The van der Waals surface area contributed by atoms with Crippen molar-refractivity contribution in [2.24, 2.45) is 5.92 Å². The Bertz CT molecular complexity index is 3040. The van der Waals surface area contributed by atoms with Crippen molar-refractivity contribution in [3.05, 3.63) is 102 Å². The fraction of sp³-hybridized carbons (Fsp3) is 0.500. The third kappa shape index (κ3) is 12.0. The molecule has 5 N–H and O–H groups in total. The molecule has 1 aliphatic carbocycles. The van der Waals surface area contributed by atoms with E-state index in [4.69, 9.17) is 29.2 Å². The Kier molecular flexibility index (Phi) is 16.3. The smallest absolute Gasteiger partial charge is 0.254 e. The van der Waals surface area contributed by atoms with Gasteiger partial charge in [-0.2, -0.15) is 0 Å². The number of hydrogen-bond acceptors (Lipinski definition) is 19. The molecular weight excluding hydrogens is 1030 g/mol. The topological polar surface area (TPSA) is 240 Å². The second-order valence-electron chi connectivity index (χ2n) is 22.0. The molecule has 6 aromatic rings. The number of benzene rings is 2. The summed E-state index contributed by atoms with van der Waals surface area (Å²) in [5.74, 6) is 0.285. The molecule has 4 aromatic heterocycles. The van der Waals surface area contributed by atoms with Gasteiger partial charge in [-0.3, -0.25) is 14.5 Å². The number of piperidine rings is 1. The van der Waals surface area contributed by atoms with Gasteiger partial charge in [0.15, 0.2) is 11.6 Å². The fourth-order valence-electron chi connectivity index (χ4n) is 12.1. The minimum Gasteiger partial charge on any atom is -0.507 e. The van der Waals surface area contributed by atoms with Crippen LogP contribution in [0.2, 0.25) is 0 Å². The van der Waals surface area contributed by atoms with Gasteiger partial charge in [-0.25, -0.2) is 9.97 Å². The Morgan fingerprint density at radius 1 is 0.886 bits per heavy atom. The SMILES string of the molecule is COCc1ncsc1-c1ccc([C@H](C)NC(=O)[C@@H]2C[C@@H](O)CN2C(=O)[C@H](c2cc(OCCN3CCC(O[C@H]4C[C@H](Oc5cc(N6C7CCC6CN(c6cc(-c8ccccc8O)nnc6N)C7)ccn5)C4)CC3)no2)C(C)C)cc1. The van der Waals surface area contributed by atoms with E-state index in [0.717, 1.165) is 97.8 Å². The van der Waals surface area contributed by atoms with Crippen LogP contribution in [0.1, 0.15) is 94.7 Å². The van der Waals surface area contributed by atoms with Crippen LogP contribution in [0.25, 0.3) is 21.7 Å². The number of amides is 2. The van der Waals surface area contributed by atoms with Crippen LogP contribution in [0, 0.1) is 5.92 Å². The van der Waals surface area contributed by atoms with Gasteiger partial charge < -0.3 is 59.4 Å². The lowest BCUT2D eigenvalue weighted by atomic mass is 9.91. The molecule has 20 nitrogen and oxygen atoms in total. The van der Waals surface area contributed by atoms with Crippen LogP contribution in [0.4, 0.5) is 17.2 Å². The zero-order valence-electron chi connectivity index (χ0n) is 45.2. The number of piperazine rings is 1. The highest BCUT2D eigenvalue weighted by Crippen LogP contribution is 2.41. The first-order valence-electron chi connectivity index (χ1n) is 27.7. The predicted octanol–water partition coefficient (Wildman–Crippen LogP) is 6.99. The van der Waals surface area contributed by atoms with Crippen molar-refractivity contribution in [1.29, 1.82) is 0 Å². The van der Waals surface area contributed by atoms with Crippen molar-refractivity contribution >= 4 is 40.3 Å². The maximum Gasteiger partial charge on any atom is 0.254 e. The van der Waals surface area contributed by atoms with Crippen LogP contribution < -0.4 is 30.3 Å². The molecule has 418 valence electrons. The number of nitrogens with one attached hydrogen (secondary N) is 1. The summed E-state index contributed by atoms with van der Waals surface area (Å²) in [6.07, 6.45) is 7.18. The molecule has 79 heavy (non-hydrogen) atoms. The summed E-state index contributed by atoms with van der Waals surface area (Å²) in [7, 11) is 1.65. The number of nitrogens with two attached hydrogens (primary N) is 1. The van der Waals surface area contributed by atoms with Gasteiger partial charge in [0, 0.05) is 107 Å². The number of hydrogen-bond donors (Lipinski definition) is 4. The largest absolute Gasteiger partial charge is 0.507 e. The fourth-order valence-corrected chi connectivity index (χ4v) is 12.9. The van der Waals surface area contributed by atoms with Gasteiger partial charge in [0.25, 0.3) is 5.88 Å². The van der Waals surface area contributed by atoms with E-state index in [-0.39, 0.29) is 72.9 Å². The minimum atomic E-state index is -0.844. The van der Waals surface area contributed by atoms with Gasteiger partial charge in [0.1, 0.15) is 30.4 Å². The average Bonchev–Trinajstić information content (AvgIpc) is 4.33. The zero-order valence-corrected chi connectivity index (χ0v) is 46.0. The monoisotopic (exact) mass is 1100 g/mol. The van der Waals surface area contributed by atoms with E-state index in [0.29, 0.717) is 54.4 Å². The number of para-hydroxylation sites is 1. The molecule has 5 aliphatic rings. The van der Waals surface area contributed by atoms with E-state index in [2.05, 4.69) is 57.5 Å². The number of phenols is 1. The van der Waals surface area contributed by atoms with E-state index in [1.165, 1.54) is 4.90 Å². The molecule has 2 amide bonds. The number of anilines is 3. The number of aliphatic hydroxyl groups excluding tert-OH is 1. The highest BCUT2D eigenvalue weighted by Gasteiger charge is 2.45. The molecule has 2 bridgehead atoms. The number of phenolic OH excluding ortho intramolecular Hbond substituents is 1. The summed E-state index contributed by atoms with van der Waals surface area (Å²) < 4.78 is 30.1. The molecule has 2 aromatic carbocycles. The van der Waals surface area contributed by atoms with Crippen molar-refractivity contribution in [3.63, 3.8) is 0 Å². The number of thiazole rings is 1. The lowest BCUT2D eigenvalue weighted by Crippen LogP contribution is -2.54. The predicted molar refractivity (Wildman–Crippen MR) is 298 cm³/mol. The number of aliphatic hydroxyl groups is 1. The minimum absolute atomic E-state index is 0.0434. The first kappa shape index (κ1) is 54.1. The summed E-state index contributed by atoms with van der Waals surface area (Å²) in [6, 6.07) is 22.2. The van der Waals surface area contributed by atoms with Crippen LogP contribution in [0.3, 0.4) is 0 Å². The van der Waals surface area contributed by atoms with Crippen LogP contribution in [-0.4, -0.2) is 153 Å². The van der Waals surface area contributed by atoms with Crippen LogP contribution in [0.5, 0.6) is 17.5 Å². The number of carbonyl (C=O) groups is 2. The number of aromatic hydroxyl groups is 1. The number of carbonyl (C=O) groups excluding carboxylic acids is 2. The molecule has 0 spiro atoms. The summed E-state index contributed by atoms with van der Waals surface area (Å²) >= 11 is 1.55. The van der Waals surface area contributed by atoms with E-state index >= 15 is 0 Å². The summed E-state index contributed by atoms with van der Waals surface area (Å²) in [4.78, 5) is 46.8. The quantitative estimate of drug-likeness (QED) is 0.0602. The van der Waals surface area contributed by atoms with E-state index in [9.17, 15) is 19.8 Å². The summed E-state index contributed by atoms with van der Waals surface area (Å²) in [5.41, 5.74) is 14.2. The summed E-state index contributed by atoms with van der Waals surface area (Å²) in [6.45, 7) is 10.7. The zero-order chi connectivity index (χ0) is 54.7. The number of ether oxygens (including phenoxy) is 4. The van der Waals surface area contributed by atoms with E-state index < -0.39 is 18.1 Å². The van der Waals surface area contributed by atoms with Gasteiger partial charge in [-0.05, 0) is 79.1 Å². The third-order valence-electron chi connectivity index (χ3n) is 16.3. The van der Waals surface area contributed by atoms with Gasteiger partial charge >= 0.3 is 0 Å². The Balaban J connectivity index is 0.600. The number of aromatic nitrogens is 5. The lowest BCUT2D eigenvalue weighted by Gasteiger charge is -2.43. The second kappa shape index (κ2) is 23.8. The molecule has 4 aliphatic heterocycles. The Labute approximate surface area is 464 Å². The number of likely N-dealkylation sites (tertiary alicyclic amines) is 2. The normalized spacial score (nSPS) is 23.2. The lowest BCUT2D eigenvalue weighted by molar-refractivity contribution is -0.141. The van der Waals surface area contributed by atoms with Crippen LogP contribution in [-0.2, 0) is 25.7 Å². The second-order valence-corrected chi connectivity index (χ2v) is 22.9. The van der Waals surface area contributed by atoms with Gasteiger partial charge in [-0.15, -0.1) is 21.5 Å². The molecule has 0 radical (unpaired) electrons. The van der Waals surface area contributed by atoms with Crippen LogP contribution in [0.15, 0.2) is 89.0 Å². The van der Waals surface area contributed by atoms with Gasteiger partial charge in [0.2, 0.25) is 17.7 Å². The van der Waals surface area contributed by atoms with Crippen molar-refractivity contribution in [1.82, 2.24) is 40.4 Å². The number of nitrogens with zero attached hydrogens (tertiary/aromatic N) is 9. The summed E-state index contributed by atoms with van der Waals surface area (Å²) in [5, 5.41) is 37.0. The van der Waals surface area contributed by atoms with E-state index in [1.54, 1.807) is 42.2 Å². The standard InChI is InChI=1S/C58H71N11O9S/c1-34(2)54(58(73)68-31-41(70)24-49(68)57(72)62-35(3)36-9-11-37(12-10-36)55-47(32-74-4)61-33-79-55)51-28-53(65-78-51)75-22-21-66-19-16-42(17-20-66)76-43-25-44(26-43)77-52-23-38(15-18-60-52)69-39-13-14-40(69)30-67(29-39)48-27-46(63-64-56(48)59)45-7-5-6-8-50(45)71/h5-12,15,18,23,27-28,33-35,39-44,49,54,70-71H,13-14,16-17,19-22,24-26,29-32H2,1-4H3,(H2,59,64)(H,62,72)/t35-,39?,40?,41+,43-,44-,49-,54-/m0/s1. The number of methoxy groups -OCH3 is 1. The van der Waals surface area contributed by atoms with Crippen molar-refractivity contribution < 1.29 is 43.3 Å². The average molecular weight is 1100 g/mol. The number of nitrogen functional groups attached to an aromatic ring is 1. The first-order valence-corrected chi connectivity index (χ1v) is 28.6. The van der Waals surface area contributed by atoms with Crippen molar-refractivity contribution in [2.45, 2.75) is 127 Å². The highest BCUT2D eigenvalue weighted by atomic mass is 32.1.